The number of nitrogens with two attached hydrogens (primary N) is 1. The van der Waals surface area contributed by atoms with Crippen LogP contribution in [0, 0.1) is 0 Å². The standard InChI is InChI=1S/C15H21NO4.C7H11N3OS/c1-11(13(17)18)16(14(19)20-15(2,3)4)10-12-8-6-5-7-9-12;1-9-6(7(8)11)2-5-3-12-4-10-5/h5-9,11H,10H2,1-4H3,(H,17,18);3-4,6,9H,2H2,1H3,(H2,8,11)/t11-;6-/m00/s1. The van der Waals surface area contributed by atoms with Gasteiger partial charge < -0.3 is 20.9 Å². The Morgan fingerprint density at radius 1 is 1.25 bits per heavy atom. The molecule has 0 bridgehead atoms. The lowest BCUT2D eigenvalue weighted by molar-refractivity contribution is -0.142. The lowest BCUT2D eigenvalue weighted by Crippen LogP contribution is -2.45. The fraction of sp³-hybridized carbons (Fsp3) is 0.455. The van der Waals surface area contributed by atoms with Crippen LogP contribution in [0.25, 0.3) is 0 Å². The summed E-state index contributed by atoms with van der Waals surface area (Å²) in [7, 11) is 1.71. The number of primary amides is 1. The quantitative estimate of drug-likeness (QED) is 0.546. The minimum Gasteiger partial charge on any atom is -0.480 e. The molecule has 0 radical (unpaired) electrons. The number of aliphatic carboxylic acids is 1. The van der Waals surface area contributed by atoms with Gasteiger partial charge in [-0.2, -0.15) is 0 Å². The van der Waals surface area contributed by atoms with Crippen LogP contribution in [0.5, 0.6) is 0 Å². The van der Waals surface area contributed by atoms with Gasteiger partial charge in [-0.3, -0.25) is 9.69 Å². The molecule has 0 aliphatic carbocycles. The second-order valence-electron chi connectivity index (χ2n) is 8.04. The van der Waals surface area contributed by atoms with Crippen LogP contribution in [0.2, 0.25) is 0 Å². The fourth-order valence-electron chi connectivity index (χ4n) is 2.49. The molecule has 1 aromatic heterocycles. The highest BCUT2D eigenvalue weighted by atomic mass is 32.1. The van der Waals surface area contributed by atoms with Gasteiger partial charge in [0.2, 0.25) is 5.91 Å². The number of rotatable bonds is 8. The van der Waals surface area contributed by atoms with Gasteiger partial charge in [-0.1, -0.05) is 30.3 Å². The largest absolute Gasteiger partial charge is 0.480 e. The average Bonchev–Trinajstić information content (AvgIpc) is 3.22. The second-order valence-corrected chi connectivity index (χ2v) is 8.75. The molecule has 0 aliphatic heterocycles. The molecule has 4 N–H and O–H groups in total. The van der Waals surface area contributed by atoms with Gasteiger partial charge in [-0.05, 0) is 40.3 Å². The minimum absolute atomic E-state index is 0.198. The molecule has 2 aromatic rings. The van der Waals surface area contributed by atoms with Gasteiger partial charge in [0.15, 0.2) is 0 Å². The number of amides is 2. The molecule has 10 heteroatoms. The number of aromatic nitrogens is 1. The molecular weight excluding hydrogens is 432 g/mol. The Hall–Kier alpha value is -2.98. The summed E-state index contributed by atoms with van der Waals surface area (Å²) in [5.74, 6) is -1.41. The van der Waals surface area contributed by atoms with Gasteiger partial charge >= 0.3 is 12.1 Å². The van der Waals surface area contributed by atoms with Crippen LogP contribution in [0.1, 0.15) is 39.0 Å². The number of nitrogens with zero attached hydrogens (tertiary/aromatic N) is 2. The summed E-state index contributed by atoms with van der Waals surface area (Å²) >= 11 is 1.51. The summed E-state index contributed by atoms with van der Waals surface area (Å²) in [5.41, 5.74) is 7.97. The molecule has 2 rings (SSSR count). The zero-order valence-corrected chi connectivity index (χ0v) is 19.9. The van der Waals surface area contributed by atoms with Crippen LogP contribution >= 0.6 is 11.3 Å². The van der Waals surface area contributed by atoms with E-state index in [1.54, 1.807) is 33.3 Å². The normalized spacial score (nSPS) is 12.7. The fourth-order valence-corrected chi connectivity index (χ4v) is 3.06. The van der Waals surface area contributed by atoms with Gasteiger partial charge in [0.25, 0.3) is 0 Å². The second kappa shape index (κ2) is 12.8. The van der Waals surface area contributed by atoms with Crippen molar-refractivity contribution in [1.82, 2.24) is 15.2 Å². The minimum atomic E-state index is -1.06. The first-order chi connectivity index (χ1) is 14.9. The predicted octanol–water partition coefficient (Wildman–Crippen LogP) is 2.66. The van der Waals surface area contributed by atoms with Gasteiger partial charge in [0, 0.05) is 18.3 Å². The Labute approximate surface area is 192 Å². The molecule has 1 heterocycles. The molecule has 0 saturated carbocycles. The number of hydrogen-bond acceptors (Lipinski definition) is 7. The first-order valence-electron chi connectivity index (χ1n) is 10.0. The van der Waals surface area contributed by atoms with Crippen molar-refractivity contribution in [2.45, 2.75) is 58.3 Å². The van der Waals surface area contributed by atoms with Crippen molar-refractivity contribution in [2.24, 2.45) is 5.73 Å². The molecule has 9 nitrogen and oxygen atoms in total. The van der Waals surface area contributed by atoms with Crippen molar-refractivity contribution >= 4 is 29.3 Å². The Bertz CT molecular complexity index is 853. The first-order valence-corrected chi connectivity index (χ1v) is 11.0. The number of carboxylic acid groups (broad SMARTS) is 1. The van der Waals surface area contributed by atoms with E-state index >= 15 is 0 Å². The number of carbonyl (C=O) groups excluding carboxylic acids is 2. The van der Waals surface area contributed by atoms with E-state index < -0.39 is 23.7 Å². The summed E-state index contributed by atoms with van der Waals surface area (Å²) in [6.07, 6.45) is -0.0637. The molecule has 0 fully saturated rings. The maximum atomic E-state index is 12.1. The third-order valence-corrected chi connectivity index (χ3v) is 4.87. The molecule has 0 unspecified atom stereocenters. The van der Waals surface area contributed by atoms with E-state index in [0.29, 0.717) is 6.42 Å². The van der Waals surface area contributed by atoms with Crippen LogP contribution in [0.15, 0.2) is 41.2 Å². The lowest BCUT2D eigenvalue weighted by atomic mass is 10.1. The first kappa shape index (κ1) is 27.1. The van der Waals surface area contributed by atoms with Crippen molar-refractivity contribution in [3.05, 3.63) is 52.5 Å². The number of benzene rings is 1. The Morgan fingerprint density at radius 2 is 1.88 bits per heavy atom. The topological polar surface area (TPSA) is 135 Å². The molecule has 32 heavy (non-hydrogen) atoms. The highest BCUT2D eigenvalue weighted by molar-refractivity contribution is 7.07. The number of carbonyl (C=O) groups is 3. The Kier molecular flexibility index (Phi) is 10.8. The summed E-state index contributed by atoms with van der Waals surface area (Å²) in [6, 6.07) is 7.96. The van der Waals surface area contributed by atoms with E-state index in [0.717, 1.165) is 11.3 Å². The maximum Gasteiger partial charge on any atom is 0.411 e. The van der Waals surface area contributed by atoms with Crippen molar-refractivity contribution in [3.8, 4) is 0 Å². The van der Waals surface area contributed by atoms with Crippen molar-refractivity contribution < 1.29 is 24.2 Å². The van der Waals surface area contributed by atoms with E-state index in [-0.39, 0.29) is 18.5 Å². The summed E-state index contributed by atoms with van der Waals surface area (Å²) < 4.78 is 5.27. The Balaban J connectivity index is 0.000000363. The van der Waals surface area contributed by atoms with E-state index in [1.807, 2.05) is 35.7 Å². The summed E-state index contributed by atoms with van der Waals surface area (Å²) in [6.45, 7) is 6.91. The molecule has 0 spiro atoms. The van der Waals surface area contributed by atoms with Crippen LogP contribution in [0.3, 0.4) is 0 Å². The van der Waals surface area contributed by atoms with Crippen LogP contribution in [0.4, 0.5) is 4.79 Å². The third kappa shape index (κ3) is 9.88. The molecule has 2 atom stereocenters. The third-order valence-electron chi connectivity index (χ3n) is 4.24. The van der Waals surface area contributed by atoms with E-state index in [9.17, 15) is 14.4 Å². The monoisotopic (exact) mass is 464 g/mol. The molecular formula is C22H32N4O5S. The number of thiazole rings is 1. The molecule has 0 saturated heterocycles. The van der Waals surface area contributed by atoms with Crippen LogP contribution in [-0.4, -0.2) is 57.7 Å². The smallest absolute Gasteiger partial charge is 0.411 e. The predicted molar refractivity (Wildman–Crippen MR) is 123 cm³/mol. The van der Waals surface area contributed by atoms with Gasteiger partial charge in [0.1, 0.15) is 11.6 Å². The van der Waals surface area contributed by atoms with E-state index in [1.165, 1.54) is 23.2 Å². The maximum absolute atomic E-state index is 12.1. The van der Waals surface area contributed by atoms with Crippen molar-refractivity contribution in [2.75, 3.05) is 7.05 Å². The zero-order valence-electron chi connectivity index (χ0n) is 19.1. The lowest BCUT2D eigenvalue weighted by Gasteiger charge is -2.29. The van der Waals surface area contributed by atoms with Crippen molar-refractivity contribution in [3.63, 3.8) is 0 Å². The number of ether oxygens (including phenoxy) is 1. The number of nitrogens with one attached hydrogen (secondary N) is 1. The summed E-state index contributed by atoms with van der Waals surface area (Å²) in [5, 5.41) is 13.9. The van der Waals surface area contributed by atoms with Crippen LogP contribution in [-0.2, 0) is 27.3 Å². The number of hydrogen-bond donors (Lipinski definition) is 3. The summed E-state index contributed by atoms with van der Waals surface area (Å²) in [4.78, 5) is 39.4. The van der Waals surface area contributed by atoms with Gasteiger partial charge in [-0.25, -0.2) is 14.6 Å². The molecule has 1 aromatic carbocycles. The van der Waals surface area contributed by atoms with Crippen molar-refractivity contribution in [1.29, 1.82) is 0 Å². The molecule has 176 valence electrons. The number of likely N-dealkylation sites (N-methyl/N-ethyl adjacent to an activating group) is 1. The SMILES string of the molecule is CN[C@@H](Cc1cscn1)C(N)=O.C[C@@H](C(=O)O)N(Cc1ccccc1)C(=O)OC(C)(C)C. The van der Waals surface area contributed by atoms with Crippen LogP contribution < -0.4 is 11.1 Å². The molecule has 2 amide bonds. The zero-order chi connectivity index (χ0) is 24.3. The average molecular weight is 465 g/mol. The van der Waals surface area contributed by atoms with E-state index in [2.05, 4.69) is 10.3 Å². The Morgan fingerprint density at radius 3 is 2.31 bits per heavy atom. The molecule has 0 aliphatic rings. The highest BCUT2D eigenvalue weighted by Gasteiger charge is 2.29. The van der Waals surface area contributed by atoms with E-state index in [4.69, 9.17) is 15.6 Å². The number of carboxylic acids is 1. The highest BCUT2D eigenvalue weighted by Crippen LogP contribution is 2.15. The van der Waals surface area contributed by atoms with Gasteiger partial charge in [-0.15, -0.1) is 11.3 Å². The van der Waals surface area contributed by atoms with Gasteiger partial charge in [0.05, 0.1) is 17.2 Å².